The molecule has 3 atom stereocenters. The maximum Gasteiger partial charge on any atom is 0.306 e. The Kier molecular flexibility index (Phi) is 4.77. The van der Waals surface area contributed by atoms with Gasteiger partial charge in [-0.15, -0.1) is 0 Å². The molecule has 0 aromatic heterocycles. The van der Waals surface area contributed by atoms with Crippen LogP contribution in [0.1, 0.15) is 46.0 Å². The molecule has 2 N–H and O–H groups in total. The van der Waals surface area contributed by atoms with Crippen molar-refractivity contribution in [2.24, 2.45) is 11.8 Å². The summed E-state index contributed by atoms with van der Waals surface area (Å²) in [7, 11) is 0. The first-order valence-corrected chi connectivity index (χ1v) is 6.07. The fourth-order valence-electron chi connectivity index (χ4n) is 2.07. The van der Waals surface area contributed by atoms with E-state index in [2.05, 4.69) is 5.32 Å². The normalized spacial score (nSPS) is 27.1. The Balaban J connectivity index is 2.43. The molecule has 3 unspecified atom stereocenters. The van der Waals surface area contributed by atoms with Gasteiger partial charge in [-0.3, -0.25) is 9.59 Å². The van der Waals surface area contributed by atoms with Crippen molar-refractivity contribution in [3.05, 3.63) is 0 Å². The third-order valence-electron chi connectivity index (χ3n) is 3.43. The zero-order valence-corrected chi connectivity index (χ0v) is 10.0. The standard InChI is InChI=1S/C12H21NO3/c1-3-8(2)11(14)13-10-6-4-5-9(7-10)12(15)16/h8-10H,3-7H2,1-2H3,(H,13,14)(H,15,16). The highest BCUT2D eigenvalue weighted by Gasteiger charge is 2.28. The van der Waals surface area contributed by atoms with Gasteiger partial charge in [0.05, 0.1) is 5.92 Å². The molecule has 0 saturated heterocycles. The van der Waals surface area contributed by atoms with E-state index in [-0.39, 0.29) is 23.8 Å². The SMILES string of the molecule is CCC(C)C(=O)NC1CCCC(C(=O)O)C1. The first-order chi connectivity index (χ1) is 7.54. The number of rotatable bonds is 4. The fourth-order valence-corrected chi connectivity index (χ4v) is 2.07. The molecule has 1 amide bonds. The predicted molar refractivity (Wildman–Crippen MR) is 61.0 cm³/mol. The lowest BCUT2D eigenvalue weighted by Crippen LogP contribution is -2.42. The van der Waals surface area contributed by atoms with Crippen LogP contribution in [0, 0.1) is 11.8 Å². The number of carboxylic acids is 1. The monoisotopic (exact) mass is 227 g/mol. The number of nitrogens with one attached hydrogen (secondary N) is 1. The van der Waals surface area contributed by atoms with Gasteiger partial charge in [-0.1, -0.05) is 20.3 Å². The molecular formula is C12H21NO3. The number of aliphatic carboxylic acids is 1. The molecular weight excluding hydrogens is 206 g/mol. The van der Waals surface area contributed by atoms with E-state index >= 15 is 0 Å². The summed E-state index contributed by atoms with van der Waals surface area (Å²) in [6.07, 6.45) is 3.94. The quantitative estimate of drug-likeness (QED) is 0.769. The Bertz CT molecular complexity index is 265. The Morgan fingerprint density at radius 2 is 2.12 bits per heavy atom. The van der Waals surface area contributed by atoms with E-state index in [0.717, 1.165) is 25.7 Å². The van der Waals surface area contributed by atoms with Crippen LogP contribution in [-0.4, -0.2) is 23.0 Å². The van der Waals surface area contributed by atoms with Crippen LogP contribution in [0.5, 0.6) is 0 Å². The van der Waals surface area contributed by atoms with Crippen molar-refractivity contribution < 1.29 is 14.7 Å². The van der Waals surface area contributed by atoms with Crippen LogP contribution in [0.25, 0.3) is 0 Å². The third-order valence-corrected chi connectivity index (χ3v) is 3.43. The summed E-state index contributed by atoms with van der Waals surface area (Å²) in [6.45, 7) is 3.87. The van der Waals surface area contributed by atoms with E-state index in [9.17, 15) is 9.59 Å². The van der Waals surface area contributed by atoms with Crippen molar-refractivity contribution in [2.45, 2.75) is 52.0 Å². The van der Waals surface area contributed by atoms with Gasteiger partial charge in [-0.05, 0) is 25.7 Å². The second-order valence-electron chi connectivity index (χ2n) is 4.72. The summed E-state index contributed by atoms with van der Waals surface area (Å²) < 4.78 is 0. The van der Waals surface area contributed by atoms with E-state index in [1.54, 1.807) is 0 Å². The molecule has 1 saturated carbocycles. The molecule has 0 aliphatic heterocycles. The summed E-state index contributed by atoms with van der Waals surface area (Å²) in [4.78, 5) is 22.5. The Morgan fingerprint density at radius 3 is 2.69 bits per heavy atom. The average molecular weight is 227 g/mol. The largest absolute Gasteiger partial charge is 0.481 e. The van der Waals surface area contributed by atoms with Gasteiger partial charge in [0.15, 0.2) is 0 Å². The van der Waals surface area contributed by atoms with Crippen LogP contribution in [0.4, 0.5) is 0 Å². The van der Waals surface area contributed by atoms with Gasteiger partial charge >= 0.3 is 5.97 Å². The van der Waals surface area contributed by atoms with Crippen molar-refractivity contribution in [1.29, 1.82) is 0 Å². The first kappa shape index (κ1) is 13.0. The van der Waals surface area contributed by atoms with Gasteiger partial charge < -0.3 is 10.4 Å². The minimum absolute atomic E-state index is 0.0187. The van der Waals surface area contributed by atoms with Crippen molar-refractivity contribution in [2.75, 3.05) is 0 Å². The number of hydrogen-bond acceptors (Lipinski definition) is 2. The molecule has 16 heavy (non-hydrogen) atoms. The van der Waals surface area contributed by atoms with Gasteiger partial charge in [-0.25, -0.2) is 0 Å². The van der Waals surface area contributed by atoms with Crippen molar-refractivity contribution in [1.82, 2.24) is 5.32 Å². The summed E-state index contributed by atoms with van der Waals surface area (Å²) in [5, 5.41) is 11.9. The van der Waals surface area contributed by atoms with E-state index in [1.807, 2.05) is 13.8 Å². The maximum atomic E-state index is 11.7. The molecule has 1 aliphatic rings. The number of carbonyl (C=O) groups excluding carboxylic acids is 1. The number of amides is 1. The second kappa shape index (κ2) is 5.87. The highest BCUT2D eigenvalue weighted by molar-refractivity contribution is 5.78. The number of carbonyl (C=O) groups is 2. The summed E-state index contributed by atoms with van der Waals surface area (Å²) in [5.74, 6) is -0.942. The summed E-state index contributed by atoms with van der Waals surface area (Å²) in [6, 6.07) is 0.0522. The summed E-state index contributed by atoms with van der Waals surface area (Å²) >= 11 is 0. The second-order valence-corrected chi connectivity index (χ2v) is 4.72. The van der Waals surface area contributed by atoms with E-state index in [0.29, 0.717) is 6.42 Å². The molecule has 4 nitrogen and oxygen atoms in total. The molecule has 0 radical (unpaired) electrons. The van der Waals surface area contributed by atoms with Crippen LogP contribution < -0.4 is 5.32 Å². The van der Waals surface area contributed by atoms with Crippen LogP contribution in [0.3, 0.4) is 0 Å². The molecule has 0 bridgehead atoms. The van der Waals surface area contributed by atoms with Crippen molar-refractivity contribution in [3.8, 4) is 0 Å². The average Bonchev–Trinajstić information content (AvgIpc) is 2.28. The zero-order valence-electron chi connectivity index (χ0n) is 10.0. The Hall–Kier alpha value is -1.06. The minimum atomic E-state index is -0.734. The minimum Gasteiger partial charge on any atom is -0.481 e. The van der Waals surface area contributed by atoms with Crippen LogP contribution in [0.15, 0.2) is 0 Å². The predicted octanol–water partition coefficient (Wildman–Crippen LogP) is 1.79. The van der Waals surface area contributed by atoms with Crippen LogP contribution in [0.2, 0.25) is 0 Å². The first-order valence-electron chi connectivity index (χ1n) is 6.07. The fraction of sp³-hybridized carbons (Fsp3) is 0.833. The van der Waals surface area contributed by atoms with Crippen LogP contribution >= 0.6 is 0 Å². The molecule has 1 aliphatic carbocycles. The highest BCUT2D eigenvalue weighted by atomic mass is 16.4. The highest BCUT2D eigenvalue weighted by Crippen LogP contribution is 2.24. The molecule has 92 valence electrons. The van der Waals surface area contributed by atoms with Gasteiger partial charge in [0.1, 0.15) is 0 Å². The van der Waals surface area contributed by atoms with Crippen molar-refractivity contribution >= 4 is 11.9 Å². The molecule has 0 spiro atoms. The Labute approximate surface area is 96.4 Å². The molecule has 0 aromatic rings. The molecule has 0 aromatic carbocycles. The molecule has 1 rings (SSSR count). The van der Waals surface area contributed by atoms with Gasteiger partial charge in [0.25, 0.3) is 0 Å². The van der Waals surface area contributed by atoms with Gasteiger partial charge in [0.2, 0.25) is 5.91 Å². The van der Waals surface area contributed by atoms with Gasteiger partial charge in [-0.2, -0.15) is 0 Å². The Morgan fingerprint density at radius 1 is 1.44 bits per heavy atom. The topological polar surface area (TPSA) is 66.4 Å². The molecule has 0 heterocycles. The lowest BCUT2D eigenvalue weighted by atomic mass is 9.85. The smallest absolute Gasteiger partial charge is 0.306 e. The van der Waals surface area contributed by atoms with Gasteiger partial charge in [0, 0.05) is 12.0 Å². The third kappa shape index (κ3) is 3.51. The van der Waals surface area contributed by atoms with Crippen LogP contribution in [-0.2, 0) is 9.59 Å². The molecule has 1 fully saturated rings. The number of hydrogen-bond donors (Lipinski definition) is 2. The van der Waals surface area contributed by atoms with Crippen molar-refractivity contribution in [3.63, 3.8) is 0 Å². The lowest BCUT2D eigenvalue weighted by Gasteiger charge is -2.28. The number of carboxylic acid groups (broad SMARTS) is 1. The lowest BCUT2D eigenvalue weighted by molar-refractivity contribution is -0.143. The molecule has 4 heteroatoms. The zero-order chi connectivity index (χ0) is 12.1. The maximum absolute atomic E-state index is 11.7. The van der Waals surface area contributed by atoms with E-state index < -0.39 is 5.97 Å². The van der Waals surface area contributed by atoms with E-state index in [4.69, 9.17) is 5.11 Å². The van der Waals surface area contributed by atoms with E-state index in [1.165, 1.54) is 0 Å². The summed E-state index contributed by atoms with van der Waals surface area (Å²) in [5.41, 5.74) is 0.